The molecule has 0 aliphatic rings. The van der Waals surface area contributed by atoms with Crippen molar-refractivity contribution in [2.45, 2.75) is 7.43 Å². The summed E-state index contributed by atoms with van der Waals surface area (Å²) < 4.78 is 3.94. The second-order valence-corrected chi connectivity index (χ2v) is 18.2. The molecule has 10 aromatic carbocycles. The van der Waals surface area contributed by atoms with Crippen LogP contribution in [0, 0.1) is 10.7 Å². The molecule has 4 nitrogen and oxygen atoms in total. The number of fused-ring (bicyclic) bond motifs is 2. The highest BCUT2D eigenvalue weighted by Gasteiger charge is 2.16. The molecule has 328 valence electrons. The number of nitrogens with zero attached hydrogens (tertiary/aromatic N) is 2. The molecule has 10 aromatic rings. The van der Waals surface area contributed by atoms with Gasteiger partial charge in [-0.05, 0) is 186 Å². The topological polar surface area (TPSA) is 46.9 Å². The molecule has 0 heterocycles. The first-order chi connectivity index (χ1) is 31.4. The standard InChI is InChI=1S/C28H20IN.C18H16BNO2.C10H6I2.CH4.FH/c29-27-16-8-10-22-9-7-15-26(28(22)27)21-17-19-25(20-18-21)30(23-11-3-1-4-12-23)24-13-5-2-6-14-24;21-19(22)15-11-13-18(14-12-15)20(16-7-3-1-4-8-16)17-9-5-2-6-10-17;11-8-5-1-3-7-4-2-6-9(12)10(7)8;;/h1-20H;1-14,21-22H;1-6H;1H4;1H. The zero-order valence-corrected chi connectivity index (χ0v) is 41.5. The number of para-hydroxylation sites is 4. The minimum atomic E-state index is -1.45. The van der Waals surface area contributed by atoms with E-state index in [-0.39, 0.29) is 12.1 Å². The fourth-order valence-electron chi connectivity index (χ4n) is 7.58. The first-order valence-corrected chi connectivity index (χ1v) is 24.0. The lowest BCUT2D eigenvalue weighted by molar-refractivity contribution is 0.426. The van der Waals surface area contributed by atoms with E-state index in [2.05, 4.69) is 235 Å². The van der Waals surface area contributed by atoms with Crippen molar-refractivity contribution in [2.24, 2.45) is 0 Å². The summed E-state index contributed by atoms with van der Waals surface area (Å²) in [5.41, 5.74) is 9.48. The number of anilines is 6. The van der Waals surface area contributed by atoms with E-state index in [1.165, 1.54) is 43.4 Å². The van der Waals surface area contributed by atoms with Crippen LogP contribution in [0.2, 0.25) is 0 Å². The van der Waals surface area contributed by atoms with Crippen LogP contribution in [0.15, 0.2) is 243 Å². The molecule has 10 rings (SSSR count). The molecule has 9 heteroatoms. The van der Waals surface area contributed by atoms with Crippen LogP contribution in [-0.2, 0) is 0 Å². The van der Waals surface area contributed by atoms with E-state index < -0.39 is 7.12 Å². The van der Waals surface area contributed by atoms with Crippen LogP contribution in [0.4, 0.5) is 38.8 Å². The largest absolute Gasteiger partial charge is 0.488 e. The van der Waals surface area contributed by atoms with E-state index in [0.29, 0.717) is 5.46 Å². The Balaban J connectivity index is 0.000000176. The zero-order valence-electron chi connectivity index (χ0n) is 35.0. The van der Waals surface area contributed by atoms with Gasteiger partial charge in [0, 0.05) is 55.6 Å². The van der Waals surface area contributed by atoms with E-state index in [9.17, 15) is 10.0 Å². The lowest BCUT2D eigenvalue weighted by Crippen LogP contribution is -2.29. The highest BCUT2D eigenvalue weighted by atomic mass is 127. The highest BCUT2D eigenvalue weighted by Crippen LogP contribution is 2.38. The van der Waals surface area contributed by atoms with Gasteiger partial charge in [-0.1, -0.05) is 159 Å². The molecule has 0 bridgehead atoms. The third-order valence-corrected chi connectivity index (χ3v) is 13.3. The van der Waals surface area contributed by atoms with E-state index in [1.54, 1.807) is 12.1 Å². The molecular weight excluding hydrogens is 1160 g/mol. The maximum Gasteiger partial charge on any atom is 0.488 e. The summed E-state index contributed by atoms with van der Waals surface area (Å²) in [7, 11) is -1.45. The molecular formula is C57H47BFI3N2O2. The monoisotopic (exact) mass is 1200 g/mol. The van der Waals surface area contributed by atoms with Crippen molar-refractivity contribution in [3.05, 3.63) is 253 Å². The van der Waals surface area contributed by atoms with Gasteiger partial charge in [-0.15, -0.1) is 0 Å². The van der Waals surface area contributed by atoms with Gasteiger partial charge in [-0.25, -0.2) is 0 Å². The van der Waals surface area contributed by atoms with Gasteiger partial charge >= 0.3 is 7.12 Å². The average molecular weight is 1200 g/mol. The molecule has 0 unspecified atom stereocenters. The summed E-state index contributed by atoms with van der Waals surface area (Å²) in [4.78, 5) is 4.41. The van der Waals surface area contributed by atoms with Gasteiger partial charge in [0.05, 0.1) is 0 Å². The molecule has 0 aliphatic heterocycles. The molecule has 0 spiro atoms. The van der Waals surface area contributed by atoms with Crippen LogP contribution in [0.5, 0.6) is 0 Å². The molecule has 0 radical (unpaired) electrons. The summed E-state index contributed by atoms with van der Waals surface area (Å²) in [6, 6.07) is 83.0. The molecule has 0 saturated carbocycles. The van der Waals surface area contributed by atoms with Crippen molar-refractivity contribution in [2.75, 3.05) is 9.80 Å². The Bertz CT molecular complexity index is 2940. The van der Waals surface area contributed by atoms with Crippen LogP contribution in [0.25, 0.3) is 32.7 Å². The molecule has 0 amide bonds. The van der Waals surface area contributed by atoms with Crippen molar-refractivity contribution in [1.82, 2.24) is 0 Å². The molecule has 66 heavy (non-hydrogen) atoms. The lowest BCUT2D eigenvalue weighted by atomic mass is 9.80. The summed E-state index contributed by atoms with van der Waals surface area (Å²) in [5.74, 6) is 0. The van der Waals surface area contributed by atoms with Crippen molar-refractivity contribution in [1.29, 1.82) is 0 Å². The second kappa shape index (κ2) is 24.3. The number of hydrogen-bond acceptors (Lipinski definition) is 4. The fraction of sp³-hybridized carbons (Fsp3) is 0.0175. The number of halogens is 4. The minimum absolute atomic E-state index is 0. The van der Waals surface area contributed by atoms with Crippen molar-refractivity contribution >= 4 is 136 Å². The maximum absolute atomic E-state index is 9.23. The Hall–Kier alpha value is -5.58. The van der Waals surface area contributed by atoms with Crippen LogP contribution >= 0.6 is 67.8 Å². The smallest absolute Gasteiger partial charge is 0.423 e. The fourth-order valence-corrected chi connectivity index (χ4v) is 10.5. The van der Waals surface area contributed by atoms with Gasteiger partial charge in [0.25, 0.3) is 0 Å². The summed E-state index contributed by atoms with van der Waals surface area (Å²) in [6.07, 6.45) is 0. The maximum atomic E-state index is 9.23. The number of benzene rings is 10. The van der Waals surface area contributed by atoms with Crippen molar-refractivity contribution in [3.63, 3.8) is 0 Å². The third kappa shape index (κ3) is 12.1. The third-order valence-electron chi connectivity index (χ3n) is 10.6. The molecule has 2 N–H and O–H groups in total. The van der Waals surface area contributed by atoms with Crippen molar-refractivity contribution < 1.29 is 14.8 Å². The normalized spacial score (nSPS) is 10.3. The molecule has 0 saturated heterocycles. The van der Waals surface area contributed by atoms with Crippen LogP contribution in [0.1, 0.15) is 7.43 Å². The molecule has 0 aliphatic carbocycles. The molecule has 0 aromatic heterocycles. The van der Waals surface area contributed by atoms with Gasteiger partial charge in [0.2, 0.25) is 0 Å². The lowest BCUT2D eigenvalue weighted by Gasteiger charge is -2.25. The first-order valence-electron chi connectivity index (χ1n) is 20.7. The van der Waals surface area contributed by atoms with E-state index in [4.69, 9.17) is 0 Å². The van der Waals surface area contributed by atoms with E-state index in [0.717, 1.165) is 34.1 Å². The predicted octanol–water partition coefficient (Wildman–Crippen LogP) is 16.3. The molecule has 0 atom stereocenters. The van der Waals surface area contributed by atoms with Gasteiger partial charge in [-0.2, -0.15) is 0 Å². The Labute approximate surface area is 428 Å². The van der Waals surface area contributed by atoms with E-state index >= 15 is 0 Å². The predicted molar refractivity (Wildman–Crippen MR) is 306 cm³/mol. The van der Waals surface area contributed by atoms with E-state index in [1.807, 2.05) is 72.8 Å². The average Bonchev–Trinajstić information content (AvgIpc) is 3.34. The first kappa shape index (κ1) is 49.9. The van der Waals surface area contributed by atoms with Crippen LogP contribution < -0.4 is 15.3 Å². The Morgan fingerprint density at radius 2 is 0.621 bits per heavy atom. The zero-order chi connectivity index (χ0) is 44.3. The van der Waals surface area contributed by atoms with Gasteiger partial charge < -0.3 is 19.8 Å². The second-order valence-electron chi connectivity index (χ2n) is 14.7. The number of hydrogen-bond donors (Lipinski definition) is 2. The van der Waals surface area contributed by atoms with Gasteiger partial charge in [0.15, 0.2) is 0 Å². The van der Waals surface area contributed by atoms with Crippen LogP contribution in [0.3, 0.4) is 0 Å². The summed E-state index contributed by atoms with van der Waals surface area (Å²) in [5, 5.41) is 23.8. The SMILES string of the molecule is C.F.Ic1cccc2cccc(-c3ccc(N(c4ccccc4)c4ccccc4)cc3)c12.Ic1cccc2cccc(I)c12.OB(O)c1ccc(N(c2ccccc2)c2ccccc2)cc1. The number of rotatable bonds is 8. The van der Waals surface area contributed by atoms with Gasteiger partial charge in [0.1, 0.15) is 0 Å². The Morgan fingerprint density at radius 1 is 0.318 bits per heavy atom. The quantitative estimate of drug-likeness (QED) is 0.118. The molecule has 0 fully saturated rings. The Kier molecular flexibility index (Phi) is 18.3. The van der Waals surface area contributed by atoms with Gasteiger partial charge in [-0.3, -0.25) is 4.70 Å². The van der Waals surface area contributed by atoms with Crippen LogP contribution in [-0.4, -0.2) is 17.2 Å². The van der Waals surface area contributed by atoms with Crippen molar-refractivity contribution in [3.8, 4) is 11.1 Å². The highest BCUT2D eigenvalue weighted by molar-refractivity contribution is 14.1. The Morgan fingerprint density at radius 3 is 0.970 bits per heavy atom. The summed E-state index contributed by atoms with van der Waals surface area (Å²) in [6.45, 7) is 0. The minimum Gasteiger partial charge on any atom is -0.423 e. The summed E-state index contributed by atoms with van der Waals surface area (Å²) >= 11 is 7.19.